The molecule has 0 amide bonds. The molecular weight excluding hydrogens is 206 g/mol. The molecule has 0 aliphatic heterocycles. The molecule has 0 heterocycles. The van der Waals surface area contributed by atoms with Gasteiger partial charge in [0.25, 0.3) is 0 Å². The van der Waals surface area contributed by atoms with Crippen LogP contribution in [0.1, 0.15) is 19.8 Å². The molecule has 13 heavy (non-hydrogen) atoms. The number of hydrogen-bond donors (Lipinski definition) is 2. The zero-order valence-electron chi connectivity index (χ0n) is 7.86. The van der Waals surface area contributed by atoms with Crippen molar-refractivity contribution < 1.29 is 9.53 Å². The smallest absolute Gasteiger partial charge is 0.367 e. The van der Waals surface area contributed by atoms with Gasteiger partial charge in [0.1, 0.15) is 0 Å². The van der Waals surface area contributed by atoms with Gasteiger partial charge in [-0.3, -0.25) is 0 Å². The third-order valence-corrected chi connectivity index (χ3v) is 2.68. The number of hydrogen-bond acceptors (Lipinski definition) is 5. The molecule has 3 nitrogen and oxygen atoms in total. The van der Waals surface area contributed by atoms with Crippen LogP contribution in [-0.2, 0) is 4.74 Å². The topological polar surface area (TPSA) is 52.3 Å². The predicted molar refractivity (Wildman–Crippen MR) is 60.5 cm³/mol. The van der Waals surface area contributed by atoms with Crippen molar-refractivity contribution in [2.24, 2.45) is 5.73 Å². The van der Waals surface area contributed by atoms with E-state index in [9.17, 15) is 4.79 Å². The number of ether oxygens (including phenoxy) is 1. The van der Waals surface area contributed by atoms with Gasteiger partial charge in [0.2, 0.25) is 0 Å². The molecule has 0 aliphatic carbocycles. The van der Waals surface area contributed by atoms with Crippen LogP contribution >= 0.6 is 24.4 Å². The molecule has 0 aromatic carbocycles. The van der Waals surface area contributed by atoms with Crippen LogP contribution in [0, 0.1) is 0 Å². The van der Waals surface area contributed by atoms with Crippen LogP contribution < -0.4 is 5.73 Å². The summed E-state index contributed by atoms with van der Waals surface area (Å²) in [5.41, 5.74) is 5.74. The largest absolute Gasteiger partial charge is 0.458 e. The van der Waals surface area contributed by atoms with Gasteiger partial charge in [0, 0.05) is 11.8 Å². The average molecular weight is 223 g/mol. The molecule has 2 N–H and O–H groups in total. The zero-order valence-corrected chi connectivity index (χ0v) is 9.57. The Morgan fingerprint density at radius 1 is 1.69 bits per heavy atom. The first-order valence-corrected chi connectivity index (χ1v) is 5.98. The van der Waals surface area contributed by atoms with Crippen LogP contribution in [0.2, 0.25) is 0 Å². The van der Waals surface area contributed by atoms with Gasteiger partial charge in [-0.05, 0) is 37.3 Å². The molecule has 0 saturated carbocycles. The molecule has 0 saturated heterocycles. The fourth-order valence-electron chi connectivity index (χ4n) is 0.771. The van der Waals surface area contributed by atoms with E-state index < -0.39 is 0 Å². The summed E-state index contributed by atoms with van der Waals surface area (Å²) < 4.78 is 4.75. The van der Waals surface area contributed by atoms with E-state index in [-0.39, 0.29) is 11.3 Å². The van der Waals surface area contributed by atoms with Crippen LogP contribution in [0.5, 0.6) is 0 Å². The fourth-order valence-corrected chi connectivity index (χ4v) is 1.67. The maximum Gasteiger partial charge on any atom is 0.367 e. The third kappa shape index (κ3) is 8.46. The molecule has 1 atom stereocenters. The first-order chi connectivity index (χ1) is 6.20. The van der Waals surface area contributed by atoms with E-state index in [1.807, 2.05) is 0 Å². The minimum absolute atomic E-state index is 0.0709. The minimum atomic E-state index is -0.233. The maximum atomic E-state index is 10.9. The maximum absolute atomic E-state index is 10.9. The van der Waals surface area contributed by atoms with Crippen LogP contribution in [0.3, 0.4) is 0 Å². The Morgan fingerprint density at radius 3 is 2.92 bits per heavy atom. The van der Waals surface area contributed by atoms with Crippen molar-refractivity contribution >= 4 is 29.7 Å². The van der Waals surface area contributed by atoms with Crippen LogP contribution in [0.15, 0.2) is 0 Å². The van der Waals surface area contributed by atoms with Crippen molar-refractivity contribution in [1.29, 1.82) is 0 Å². The van der Waals surface area contributed by atoms with Crippen molar-refractivity contribution in [3.63, 3.8) is 0 Å². The van der Waals surface area contributed by atoms with Crippen molar-refractivity contribution in [3.8, 4) is 0 Å². The summed E-state index contributed by atoms with van der Waals surface area (Å²) >= 11 is 5.23. The van der Waals surface area contributed by atoms with Crippen molar-refractivity contribution in [3.05, 3.63) is 0 Å². The van der Waals surface area contributed by atoms with Gasteiger partial charge < -0.3 is 10.5 Å². The van der Waals surface area contributed by atoms with E-state index in [0.29, 0.717) is 12.4 Å². The molecule has 0 spiro atoms. The monoisotopic (exact) mass is 223 g/mol. The molecular formula is C8H17NO2S2. The highest BCUT2D eigenvalue weighted by molar-refractivity contribution is 8.13. The lowest BCUT2D eigenvalue weighted by Crippen LogP contribution is -2.23. The quantitative estimate of drug-likeness (QED) is 0.533. The summed E-state index contributed by atoms with van der Waals surface area (Å²) in [5, 5.41) is -0.233. The number of carbonyl (C=O) groups excluding carboxylic acids is 1. The highest BCUT2D eigenvalue weighted by Crippen LogP contribution is 2.09. The first kappa shape index (κ1) is 13.1. The van der Waals surface area contributed by atoms with E-state index in [1.165, 1.54) is 0 Å². The van der Waals surface area contributed by atoms with Gasteiger partial charge >= 0.3 is 5.30 Å². The Kier molecular flexibility index (Phi) is 8.80. The second kappa shape index (κ2) is 8.72. The molecule has 78 valence electrons. The molecule has 0 radical (unpaired) electrons. The summed E-state index contributed by atoms with van der Waals surface area (Å²) in [6.45, 7) is 2.22. The second-order valence-electron chi connectivity index (χ2n) is 2.62. The fraction of sp³-hybridized carbons (Fsp3) is 0.875. The number of thiol groups is 1. The molecule has 0 bridgehead atoms. The van der Waals surface area contributed by atoms with E-state index in [4.69, 9.17) is 10.5 Å². The van der Waals surface area contributed by atoms with Gasteiger partial charge in [-0.1, -0.05) is 0 Å². The molecule has 0 rings (SSSR count). The Morgan fingerprint density at radius 2 is 2.38 bits per heavy atom. The average Bonchev–Trinajstić information content (AvgIpc) is 2.12. The van der Waals surface area contributed by atoms with E-state index in [1.54, 1.807) is 6.92 Å². The Hall–Kier alpha value is 0.130. The Bertz CT molecular complexity index is 144. The predicted octanol–water partition coefficient (Wildman–Crippen LogP) is 1.91. The molecule has 0 aromatic heterocycles. The van der Waals surface area contributed by atoms with Gasteiger partial charge in [0.05, 0.1) is 6.61 Å². The minimum Gasteiger partial charge on any atom is -0.458 e. The van der Waals surface area contributed by atoms with Gasteiger partial charge in [0.15, 0.2) is 0 Å². The summed E-state index contributed by atoms with van der Waals surface area (Å²) in [7, 11) is 0. The highest BCUT2D eigenvalue weighted by atomic mass is 32.2. The lowest BCUT2D eigenvalue weighted by Gasteiger charge is -2.08. The van der Waals surface area contributed by atoms with Gasteiger partial charge in [-0.2, -0.15) is 12.6 Å². The Labute approximate surface area is 89.2 Å². The van der Waals surface area contributed by atoms with Crippen LogP contribution in [0.4, 0.5) is 4.79 Å². The summed E-state index contributed by atoms with van der Waals surface area (Å²) in [6, 6.07) is 0.0709. The number of rotatable bonds is 6. The van der Waals surface area contributed by atoms with Gasteiger partial charge in [-0.25, -0.2) is 4.79 Å². The molecule has 0 aliphatic rings. The lowest BCUT2D eigenvalue weighted by atomic mass is 10.2. The number of thioether (sulfide) groups is 1. The molecule has 5 heteroatoms. The third-order valence-electron chi connectivity index (χ3n) is 1.41. The Balaban J connectivity index is 3.34. The number of nitrogens with two attached hydrogens (primary N) is 1. The normalized spacial score (nSPS) is 12.5. The van der Waals surface area contributed by atoms with Crippen molar-refractivity contribution in [1.82, 2.24) is 0 Å². The summed E-state index contributed by atoms with van der Waals surface area (Å²) in [6.07, 6.45) is 1.91. The summed E-state index contributed by atoms with van der Waals surface area (Å²) in [4.78, 5) is 10.9. The highest BCUT2D eigenvalue weighted by Gasteiger charge is 2.07. The SMILES string of the molecule is CCOC(=O)SC[C@H](N)CCCS. The number of carbonyl (C=O) groups is 1. The van der Waals surface area contributed by atoms with Crippen LogP contribution in [0.25, 0.3) is 0 Å². The second-order valence-corrected chi connectivity index (χ2v) is 4.02. The summed E-state index contributed by atoms with van der Waals surface area (Å²) in [5.74, 6) is 1.48. The van der Waals surface area contributed by atoms with E-state index in [0.717, 1.165) is 30.4 Å². The zero-order chi connectivity index (χ0) is 10.1. The van der Waals surface area contributed by atoms with Crippen molar-refractivity contribution in [2.75, 3.05) is 18.1 Å². The first-order valence-electron chi connectivity index (χ1n) is 4.36. The lowest BCUT2D eigenvalue weighted by molar-refractivity contribution is 0.181. The molecule has 0 fully saturated rings. The van der Waals surface area contributed by atoms with E-state index in [2.05, 4.69) is 12.6 Å². The van der Waals surface area contributed by atoms with Crippen LogP contribution in [-0.4, -0.2) is 29.5 Å². The van der Waals surface area contributed by atoms with Gasteiger partial charge in [-0.15, -0.1) is 0 Å². The van der Waals surface area contributed by atoms with E-state index >= 15 is 0 Å². The van der Waals surface area contributed by atoms with Crippen molar-refractivity contribution in [2.45, 2.75) is 25.8 Å². The molecule has 0 unspecified atom stereocenters. The molecule has 0 aromatic rings. The standard InChI is InChI=1S/C8H17NO2S2/c1-2-11-8(10)13-6-7(9)4-3-5-12/h7,12H,2-6,9H2,1H3/t7-/m1/s1.